The normalized spacial score (nSPS) is 24.0. The van der Waals surface area contributed by atoms with E-state index in [9.17, 15) is 13.6 Å². The lowest BCUT2D eigenvalue weighted by molar-refractivity contribution is -0.120. The monoisotopic (exact) mass is 420 g/mol. The molecule has 1 heterocycles. The molecule has 2 aliphatic rings. The molecule has 1 aliphatic carbocycles. The van der Waals surface area contributed by atoms with Crippen LogP contribution in [0.2, 0.25) is 0 Å². The number of piperidine rings is 1. The molecule has 1 aliphatic heterocycles. The smallest absolute Gasteiger partial charge is 0.227 e. The molecule has 2 fully saturated rings. The molecule has 0 bridgehead atoms. The van der Waals surface area contributed by atoms with E-state index in [0.29, 0.717) is 24.2 Å². The standard InChI is InChI=1S/C25H38F2N2O/c1-25(2,3)12-14-29-13-11-20(23(27)17-29)15-19-9-10-21(16-22(19)26)28-24(30)18-7-5-4-6-8-18/h9-10,16,18,20,23H,4-8,11-15,17H2,1-3H3,(H,28,30). The zero-order valence-corrected chi connectivity index (χ0v) is 18.9. The van der Waals surface area contributed by atoms with Gasteiger partial charge < -0.3 is 10.2 Å². The van der Waals surface area contributed by atoms with E-state index >= 15 is 0 Å². The fourth-order valence-corrected chi connectivity index (χ4v) is 4.62. The number of nitrogens with one attached hydrogen (secondary N) is 1. The number of rotatable bonds is 6. The summed E-state index contributed by atoms with van der Waals surface area (Å²) in [4.78, 5) is 14.6. The SMILES string of the molecule is CC(C)(C)CCN1CCC(Cc2ccc(NC(=O)C3CCCCC3)cc2F)C(F)C1. The van der Waals surface area contributed by atoms with Crippen LogP contribution in [0.5, 0.6) is 0 Å². The Hall–Kier alpha value is -1.49. The molecule has 0 aromatic heterocycles. The van der Waals surface area contributed by atoms with Crippen LogP contribution >= 0.6 is 0 Å². The lowest BCUT2D eigenvalue weighted by Gasteiger charge is -2.36. The number of benzene rings is 1. The predicted octanol–water partition coefficient (Wildman–Crippen LogP) is 5.98. The Bertz CT molecular complexity index is 710. The van der Waals surface area contributed by atoms with Gasteiger partial charge in [-0.2, -0.15) is 0 Å². The van der Waals surface area contributed by atoms with E-state index in [1.54, 1.807) is 12.1 Å². The Kier molecular flexibility index (Phi) is 7.89. The highest BCUT2D eigenvalue weighted by molar-refractivity contribution is 5.92. The van der Waals surface area contributed by atoms with E-state index < -0.39 is 6.17 Å². The van der Waals surface area contributed by atoms with Gasteiger partial charge in [0.15, 0.2) is 0 Å². The van der Waals surface area contributed by atoms with Crippen LogP contribution in [-0.2, 0) is 11.2 Å². The second-order valence-corrected chi connectivity index (χ2v) is 10.5. The molecule has 2 atom stereocenters. The number of anilines is 1. The number of hydrogen-bond acceptors (Lipinski definition) is 2. The first-order valence-electron chi connectivity index (χ1n) is 11.7. The average Bonchev–Trinajstić information content (AvgIpc) is 2.70. The summed E-state index contributed by atoms with van der Waals surface area (Å²) in [6.07, 6.45) is 6.49. The minimum absolute atomic E-state index is 0.00620. The number of carbonyl (C=O) groups is 1. The van der Waals surface area contributed by atoms with Gasteiger partial charge in [0.05, 0.1) is 0 Å². The van der Waals surface area contributed by atoms with Gasteiger partial charge in [-0.1, -0.05) is 46.1 Å². The van der Waals surface area contributed by atoms with Gasteiger partial charge in [-0.15, -0.1) is 0 Å². The van der Waals surface area contributed by atoms with Gasteiger partial charge in [0.25, 0.3) is 0 Å². The van der Waals surface area contributed by atoms with E-state index in [2.05, 4.69) is 31.0 Å². The average molecular weight is 421 g/mol. The molecule has 2 unspecified atom stereocenters. The van der Waals surface area contributed by atoms with Gasteiger partial charge in [0.1, 0.15) is 12.0 Å². The molecular formula is C25H38F2N2O. The van der Waals surface area contributed by atoms with Gasteiger partial charge in [0, 0.05) is 18.2 Å². The van der Waals surface area contributed by atoms with E-state index in [-0.39, 0.29) is 29.0 Å². The number of alkyl halides is 1. The van der Waals surface area contributed by atoms with Gasteiger partial charge in [-0.05, 0) is 74.2 Å². The van der Waals surface area contributed by atoms with Crippen LogP contribution in [0.25, 0.3) is 0 Å². The van der Waals surface area contributed by atoms with Crippen molar-refractivity contribution in [2.24, 2.45) is 17.3 Å². The van der Waals surface area contributed by atoms with Crippen LogP contribution in [0.1, 0.15) is 71.3 Å². The lowest BCUT2D eigenvalue weighted by Crippen LogP contribution is -2.43. The molecule has 5 heteroatoms. The maximum atomic E-state index is 14.8. The van der Waals surface area contributed by atoms with Gasteiger partial charge in [0.2, 0.25) is 5.91 Å². The molecular weight excluding hydrogens is 382 g/mol. The third kappa shape index (κ3) is 6.76. The van der Waals surface area contributed by atoms with Crippen molar-refractivity contribution < 1.29 is 13.6 Å². The molecule has 0 spiro atoms. The van der Waals surface area contributed by atoms with Crippen molar-refractivity contribution >= 4 is 11.6 Å². The Morgan fingerprint density at radius 1 is 1.17 bits per heavy atom. The topological polar surface area (TPSA) is 32.3 Å². The van der Waals surface area contributed by atoms with E-state index in [1.807, 2.05) is 0 Å². The van der Waals surface area contributed by atoms with Crippen molar-refractivity contribution in [2.75, 3.05) is 25.0 Å². The third-order valence-electron chi connectivity index (χ3n) is 6.72. The zero-order valence-electron chi connectivity index (χ0n) is 18.9. The molecule has 0 radical (unpaired) electrons. The summed E-state index contributed by atoms with van der Waals surface area (Å²) >= 11 is 0. The molecule has 30 heavy (non-hydrogen) atoms. The van der Waals surface area contributed by atoms with E-state index in [4.69, 9.17) is 0 Å². The molecule has 3 nitrogen and oxygen atoms in total. The van der Waals surface area contributed by atoms with Crippen molar-refractivity contribution in [2.45, 2.75) is 78.3 Å². The number of amides is 1. The zero-order chi connectivity index (χ0) is 21.7. The molecule has 1 saturated heterocycles. The van der Waals surface area contributed by atoms with Crippen molar-refractivity contribution in [3.8, 4) is 0 Å². The molecule has 1 N–H and O–H groups in total. The fraction of sp³-hybridized carbons (Fsp3) is 0.720. The van der Waals surface area contributed by atoms with E-state index in [1.165, 1.54) is 12.5 Å². The first-order chi connectivity index (χ1) is 14.2. The van der Waals surface area contributed by atoms with Gasteiger partial charge in [-0.3, -0.25) is 4.79 Å². The van der Waals surface area contributed by atoms with E-state index in [0.717, 1.165) is 51.6 Å². The lowest BCUT2D eigenvalue weighted by atomic mass is 9.87. The number of halogens is 2. The van der Waals surface area contributed by atoms with Crippen LogP contribution in [0, 0.1) is 23.1 Å². The summed E-state index contributed by atoms with van der Waals surface area (Å²) < 4.78 is 29.4. The maximum Gasteiger partial charge on any atom is 0.227 e. The molecule has 1 aromatic carbocycles. The highest BCUT2D eigenvalue weighted by atomic mass is 19.1. The molecule has 1 saturated carbocycles. The van der Waals surface area contributed by atoms with Crippen molar-refractivity contribution in [3.05, 3.63) is 29.6 Å². The second kappa shape index (κ2) is 10.2. The number of carbonyl (C=O) groups excluding carboxylic acids is 1. The van der Waals surface area contributed by atoms with Crippen molar-refractivity contribution in [3.63, 3.8) is 0 Å². The number of nitrogens with zero attached hydrogens (tertiary/aromatic N) is 1. The number of likely N-dealkylation sites (tertiary alicyclic amines) is 1. The summed E-state index contributed by atoms with van der Waals surface area (Å²) in [6, 6.07) is 4.86. The first-order valence-corrected chi connectivity index (χ1v) is 11.7. The fourth-order valence-electron chi connectivity index (χ4n) is 4.62. The van der Waals surface area contributed by atoms with Gasteiger partial charge >= 0.3 is 0 Å². The first kappa shape index (κ1) is 23.2. The summed E-state index contributed by atoms with van der Waals surface area (Å²) in [5.41, 5.74) is 1.29. The Morgan fingerprint density at radius 3 is 2.53 bits per heavy atom. The van der Waals surface area contributed by atoms with Crippen LogP contribution < -0.4 is 5.32 Å². The van der Waals surface area contributed by atoms with Crippen molar-refractivity contribution in [1.82, 2.24) is 4.90 Å². The Labute approximate surface area is 180 Å². The summed E-state index contributed by atoms with van der Waals surface area (Å²) in [5.74, 6) is -0.461. The van der Waals surface area contributed by atoms with Crippen LogP contribution in [0.3, 0.4) is 0 Å². The maximum absolute atomic E-state index is 14.8. The molecule has 1 aromatic rings. The molecule has 168 valence electrons. The quantitative estimate of drug-likeness (QED) is 0.614. The summed E-state index contributed by atoms with van der Waals surface area (Å²) in [5, 5.41) is 2.86. The molecule has 3 rings (SSSR count). The molecule has 1 amide bonds. The van der Waals surface area contributed by atoms with Crippen molar-refractivity contribution in [1.29, 1.82) is 0 Å². The van der Waals surface area contributed by atoms with Crippen LogP contribution in [0.4, 0.5) is 14.5 Å². The van der Waals surface area contributed by atoms with Crippen LogP contribution in [-0.4, -0.2) is 36.6 Å². The third-order valence-corrected chi connectivity index (χ3v) is 6.72. The summed E-state index contributed by atoms with van der Waals surface area (Å²) in [6.45, 7) is 8.85. The summed E-state index contributed by atoms with van der Waals surface area (Å²) in [7, 11) is 0. The predicted molar refractivity (Wildman–Crippen MR) is 119 cm³/mol. The second-order valence-electron chi connectivity index (χ2n) is 10.5. The van der Waals surface area contributed by atoms with Crippen LogP contribution in [0.15, 0.2) is 18.2 Å². The highest BCUT2D eigenvalue weighted by Crippen LogP contribution is 2.29. The number of hydrogen-bond donors (Lipinski definition) is 1. The Morgan fingerprint density at radius 2 is 1.90 bits per heavy atom. The highest BCUT2D eigenvalue weighted by Gasteiger charge is 2.30. The largest absolute Gasteiger partial charge is 0.326 e. The Balaban J connectivity index is 1.51. The van der Waals surface area contributed by atoms with Gasteiger partial charge in [-0.25, -0.2) is 8.78 Å². The minimum atomic E-state index is -0.927. The minimum Gasteiger partial charge on any atom is -0.326 e.